The second-order valence-electron chi connectivity index (χ2n) is 7.97. The number of thioether (sulfide) groups is 1. The molecule has 0 aliphatic carbocycles. The molecule has 3 rings (SSSR count). The third-order valence-electron chi connectivity index (χ3n) is 5.18. The molecule has 0 aliphatic heterocycles. The molecule has 1 unspecified atom stereocenters. The van der Waals surface area contributed by atoms with Crippen molar-refractivity contribution in [2.45, 2.75) is 38.5 Å². The van der Waals surface area contributed by atoms with Crippen molar-refractivity contribution in [3.63, 3.8) is 0 Å². The van der Waals surface area contributed by atoms with Crippen molar-refractivity contribution in [1.82, 2.24) is 20.1 Å². The SMILES string of the molecule is CCn1c(SCC(=O)Nc2ccc(Cl)c(Cl)c2)nnc1C(NC(=O)c1ccc(OC)cc1)C(C)C. The van der Waals surface area contributed by atoms with E-state index in [0.29, 0.717) is 44.6 Å². The smallest absolute Gasteiger partial charge is 0.251 e. The largest absolute Gasteiger partial charge is 0.497 e. The fraction of sp³-hybridized carbons (Fsp3) is 0.333. The van der Waals surface area contributed by atoms with E-state index in [0.717, 1.165) is 0 Å². The zero-order valence-corrected chi connectivity index (χ0v) is 22.2. The van der Waals surface area contributed by atoms with Crippen molar-refractivity contribution in [3.8, 4) is 5.75 Å². The van der Waals surface area contributed by atoms with Crippen molar-refractivity contribution < 1.29 is 14.3 Å². The van der Waals surface area contributed by atoms with Crippen molar-refractivity contribution in [3.05, 3.63) is 63.9 Å². The van der Waals surface area contributed by atoms with Crippen LogP contribution in [0.3, 0.4) is 0 Å². The molecule has 2 aromatic carbocycles. The van der Waals surface area contributed by atoms with Crippen LogP contribution in [0, 0.1) is 5.92 Å². The number of nitrogens with one attached hydrogen (secondary N) is 2. The number of rotatable bonds is 10. The summed E-state index contributed by atoms with van der Waals surface area (Å²) in [5, 5.41) is 15.9. The number of anilines is 1. The van der Waals surface area contributed by atoms with Gasteiger partial charge in [0, 0.05) is 17.8 Å². The van der Waals surface area contributed by atoms with E-state index in [4.69, 9.17) is 27.9 Å². The highest BCUT2D eigenvalue weighted by Crippen LogP contribution is 2.27. The monoisotopic (exact) mass is 535 g/mol. The van der Waals surface area contributed by atoms with Crippen LogP contribution in [0.1, 0.15) is 43.0 Å². The summed E-state index contributed by atoms with van der Waals surface area (Å²) >= 11 is 13.2. The Kier molecular flexibility index (Phi) is 9.42. The molecule has 1 atom stereocenters. The number of aromatic nitrogens is 3. The highest BCUT2D eigenvalue weighted by Gasteiger charge is 2.26. The van der Waals surface area contributed by atoms with Gasteiger partial charge in [-0.05, 0) is 55.3 Å². The minimum Gasteiger partial charge on any atom is -0.497 e. The summed E-state index contributed by atoms with van der Waals surface area (Å²) in [7, 11) is 1.58. The quantitative estimate of drug-likeness (QED) is 0.334. The number of benzene rings is 2. The van der Waals surface area contributed by atoms with Gasteiger partial charge in [0.1, 0.15) is 5.75 Å². The van der Waals surface area contributed by atoms with Crippen LogP contribution in [0.25, 0.3) is 0 Å². The lowest BCUT2D eigenvalue weighted by Gasteiger charge is -2.22. The first-order valence-corrected chi connectivity index (χ1v) is 12.7. The molecule has 0 saturated heterocycles. The van der Waals surface area contributed by atoms with Gasteiger partial charge in [0.25, 0.3) is 5.91 Å². The third-order valence-corrected chi connectivity index (χ3v) is 6.89. The van der Waals surface area contributed by atoms with Crippen LogP contribution in [0.5, 0.6) is 5.75 Å². The van der Waals surface area contributed by atoms with E-state index >= 15 is 0 Å². The molecule has 1 heterocycles. The normalized spacial score (nSPS) is 11.9. The fourth-order valence-electron chi connectivity index (χ4n) is 3.33. The second-order valence-corrected chi connectivity index (χ2v) is 9.73. The highest BCUT2D eigenvalue weighted by molar-refractivity contribution is 7.99. The number of hydrogen-bond donors (Lipinski definition) is 2. The number of halogens is 2. The molecule has 0 radical (unpaired) electrons. The number of nitrogens with zero attached hydrogens (tertiary/aromatic N) is 3. The number of carbonyl (C=O) groups is 2. The van der Waals surface area contributed by atoms with Crippen molar-refractivity contribution in [2.75, 3.05) is 18.2 Å². The van der Waals surface area contributed by atoms with Crippen LogP contribution in [0.2, 0.25) is 10.0 Å². The maximum absolute atomic E-state index is 12.9. The predicted octanol–water partition coefficient (Wildman–Crippen LogP) is 5.47. The molecule has 0 fully saturated rings. The van der Waals surface area contributed by atoms with Gasteiger partial charge in [0.2, 0.25) is 5.91 Å². The van der Waals surface area contributed by atoms with Gasteiger partial charge in [0.05, 0.1) is 28.9 Å². The van der Waals surface area contributed by atoms with Crippen LogP contribution in [-0.4, -0.2) is 39.4 Å². The summed E-state index contributed by atoms with van der Waals surface area (Å²) in [4.78, 5) is 25.3. The number of methoxy groups -OCH3 is 1. The van der Waals surface area contributed by atoms with E-state index in [1.54, 1.807) is 49.6 Å². The minimum atomic E-state index is -0.364. The first-order valence-electron chi connectivity index (χ1n) is 11.0. The zero-order chi connectivity index (χ0) is 25.5. The van der Waals surface area contributed by atoms with Gasteiger partial charge < -0.3 is 19.9 Å². The molecule has 2 amide bonds. The van der Waals surface area contributed by atoms with Crippen LogP contribution in [0.15, 0.2) is 47.6 Å². The Hall–Kier alpha value is -2.75. The summed E-state index contributed by atoms with van der Waals surface area (Å²) in [5.74, 6) is 1.07. The van der Waals surface area contributed by atoms with E-state index in [-0.39, 0.29) is 29.5 Å². The first kappa shape index (κ1) is 26.8. The lowest BCUT2D eigenvalue weighted by atomic mass is 10.0. The average Bonchev–Trinajstić information content (AvgIpc) is 3.25. The number of hydrogen-bond acceptors (Lipinski definition) is 6. The Labute approximate surface area is 218 Å². The number of carbonyl (C=O) groups excluding carboxylic acids is 2. The summed E-state index contributed by atoms with van der Waals surface area (Å²) in [6, 6.07) is 11.4. The van der Waals surface area contributed by atoms with Gasteiger partial charge in [-0.25, -0.2) is 0 Å². The van der Waals surface area contributed by atoms with Gasteiger partial charge in [0.15, 0.2) is 11.0 Å². The van der Waals surface area contributed by atoms with Crippen molar-refractivity contribution in [1.29, 1.82) is 0 Å². The van der Waals surface area contributed by atoms with Gasteiger partial charge in [-0.1, -0.05) is 48.8 Å². The Balaban J connectivity index is 1.70. The molecule has 8 nitrogen and oxygen atoms in total. The van der Waals surface area contributed by atoms with E-state index in [2.05, 4.69) is 20.8 Å². The van der Waals surface area contributed by atoms with Gasteiger partial charge >= 0.3 is 0 Å². The Bertz CT molecular complexity index is 1180. The first-order chi connectivity index (χ1) is 16.7. The van der Waals surface area contributed by atoms with Gasteiger partial charge in [-0.3, -0.25) is 9.59 Å². The Morgan fingerprint density at radius 3 is 2.40 bits per heavy atom. The molecule has 11 heteroatoms. The van der Waals surface area contributed by atoms with Gasteiger partial charge in [-0.2, -0.15) is 0 Å². The zero-order valence-electron chi connectivity index (χ0n) is 19.8. The lowest BCUT2D eigenvalue weighted by Crippen LogP contribution is -2.33. The summed E-state index contributed by atoms with van der Waals surface area (Å²) in [5.41, 5.74) is 1.08. The molecule has 186 valence electrons. The van der Waals surface area contributed by atoms with Crippen LogP contribution >= 0.6 is 35.0 Å². The topological polar surface area (TPSA) is 98.1 Å². The summed E-state index contributed by atoms with van der Waals surface area (Å²) in [6.45, 7) is 6.56. The van der Waals surface area contributed by atoms with Crippen molar-refractivity contribution in [2.24, 2.45) is 5.92 Å². The Morgan fingerprint density at radius 2 is 1.80 bits per heavy atom. The highest BCUT2D eigenvalue weighted by atomic mass is 35.5. The lowest BCUT2D eigenvalue weighted by molar-refractivity contribution is -0.113. The molecule has 2 N–H and O–H groups in total. The molecule has 0 bridgehead atoms. The molecular formula is C24H27Cl2N5O3S. The van der Waals surface area contributed by atoms with Gasteiger partial charge in [-0.15, -0.1) is 10.2 Å². The van der Waals surface area contributed by atoms with Crippen molar-refractivity contribution >= 4 is 52.5 Å². The third kappa shape index (κ3) is 6.90. The molecule has 0 aliphatic rings. The van der Waals surface area contributed by atoms with Crippen LogP contribution in [-0.2, 0) is 11.3 Å². The Morgan fingerprint density at radius 1 is 1.09 bits per heavy atom. The number of ether oxygens (including phenoxy) is 1. The second kappa shape index (κ2) is 12.3. The van der Waals surface area contributed by atoms with Crippen LogP contribution in [0.4, 0.5) is 5.69 Å². The minimum absolute atomic E-state index is 0.0579. The molecule has 3 aromatic rings. The fourth-order valence-corrected chi connectivity index (χ4v) is 4.44. The maximum Gasteiger partial charge on any atom is 0.251 e. The molecule has 35 heavy (non-hydrogen) atoms. The van der Waals surface area contributed by atoms with E-state index in [9.17, 15) is 9.59 Å². The van der Waals surface area contributed by atoms with E-state index in [1.807, 2.05) is 25.3 Å². The molecule has 0 saturated carbocycles. The average molecular weight is 536 g/mol. The number of amides is 2. The summed E-state index contributed by atoms with van der Waals surface area (Å²) < 4.78 is 7.07. The molecule has 0 spiro atoms. The molecular weight excluding hydrogens is 509 g/mol. The van der Waals surface area contributed by atoms with E-state index in [1.165, 1.54) is 11.8 Å². The van der Waals surface area contributed by atoms with E-state index < -0.39 is 0 Å². The standard InChI is InChI=1S/C24H27Cl2N5O3S/c1-5-31-22(21(14(2)3)28-23(33)15-6-9-17(34-4)10-7-15)29-30-24(31)35-13-20(32)27-16-8-11-18(25)19(26)12-16/h6-12,14,21H,5,13H2,1-4H3,(H,27,32)(H,28,33). The molecule has 1 aromatic heterocycles. The van der Waals surface area contributed by atoms with Crippen LogP contribution < -0.4 is 15.4 Å². The predicted molar refractivity (Wildman–Crippen MR) is 140 cm³/mol. The maximum atomic E-state index is 12.9. The summed E-state index contributed by atoms with van der Waals surface area (Å²) in [6.07, 6.45) is 0.